The average Bonchev–Trinajstić information content (AvgIpc) is 2.78. The molecule has 1 rings (SSSR count). The van der Waals surface area contributed by atoms with Crippen LogP contribution in [0, 0.1) is 0 Å². The van der Waals surface area contributed by atoms with E-state index in [1.54, 1.807) is 30.3 Å². The zero-order chi connectivity index (χ0) is 26.5. The molecule has 35 heavy (non-hydrogen) atoms. The molecular formula is C22H31N5O8. The van der Waals surface area contributed by atoms with Gasteiger partial charge in [0.05, 0.1) is 6.04 Å². The van der Waals surface area contributed by atoms with Gasteiger partial charge in [-0.25, -0.2) is 4.79 Å². The average molecular weight is 494 g/mol. The van der Waals surface area contributed by atoms with Crippen molar-refractivity contribution in [3.05, 3.63) is 35.9 Å². The Bertz CT molecular complexity index is 922. The molecule has 0 heterocycles. The number of hydrogen-bond donors (Lipinski definition) is 7. The van der Waals surface area contributed by atoms with Crippen LogP contribution in [0.25, 0.3) is 0 Å². The zero-order valence-electron chi connectivity index (χ0n) is 19.2. The van der Waals surface area contributed by atoms with Crippen molar-refractivity contribution in [2.45, 2.75) is 63.2 Å². The summed E-state index contributed by atoms with van der Waals surface area (Å²) in [5, 5.41) is 25.3. The molecule has 1 aromatic carbocycles. The predicted molar refractivity (Wildman–Crippen MR) is 123 cm³/mol. The van der Waals surface area contributed by atoms with E-state index in [2.05, 4.69) is 16.0 Å². The summed E-state index contributed by atoms with van der Waals surface area (Å²) in [5.41, 5.74) is 11.3. The van der Waals surface area contributed by atoms with Crippen molar-refractivity contribution < 1.29 is 39.0 Å². The maximum atomic E-state index is 13.0. The highest BCUT2D eigenvalue weighted by Gasteiger charge is 2.30. The first kappa shape index (κ1) is 29.0. The van der Waals surface area contributed by atoms with Crippen LogP contribution in [-0.2, 0) is 35.2 Å². The molecule has 4 unspecified atom stereocenters. The fraction of sp³-hybridized carbons (Fsp3) is 0.455. The molecule has 0 bridgehead atoms. The number of carbonyl (C=O) groups excluding carboxylic acids is 4. The summed E-state index contributed by atoms with van der Waals surface area (Å²) in [6.07, 6.45) is -1.29. The highest BCUT2D eigenvalue weighted by atomic mass is 16.4. The highest BCUT2D eigenvalue weighted by molar-refractivity contribution is 5.94. The molecule has 1 aromatic rings. The zero-order valence-corrected chi connectivity index (χ0v) is 19.2. The molecule has 192 valence electrons. The monoisotopic (exact) mass is 493 g/mol. The Morgan fingerprint density at radius 1 is 0.800 bits per heavy atom. The Morgan fingerprint density at radius 3 is 1.83 bits per heavy atom. The van der Waals surface area contributed by atoms with Gasteiger partial charge >= 0.3 is 11.9 Å². The van der Waals surface area contributed by atoms with Crippen LogP contribution in [0.2, 0.25) is 0 Å². The van der Waals surface area contributed by atoms with Gasteiger partial charge in [-0.1, -0.05) is 30.3 Å². The third-order valence-corrected chi connectivity index (χ3v) is 4.90. The number of nitrogens with two attached hydrogens (primary N) is 2. The predicted octanol–water partition coefficient (Wildman–Crippen LogP) is -1.75. The lowest BCUT2D eigenvalue weighted by Crippen LogP contribution is -2.57. The molecule has 9 N–H and O–H groups in total. The summed E-state index contributed by atoms with van der Waals surface area (Å²) >= 11 is 0. The van der Waals surface area contributed by atoms with E-state index in [1.165, 1.54) is 6.92 Å². The number of carboxylic acids is 2. The van der Waals surface area contributed by atoms with Gasteiger partial charge in [0.25, 0.3) is 0 Å². The molecule has 4 atom stereocenters. The second-order valence-electron chi connectivity index (χ2n) is 7.94. The van der Waals surface area contributed by atoms with Crippen LogP contribution in [-0.4, -0.2) is 69.9 Å². The largest absolute Gasteiger partial charge is 0.481 e. The molecule has 0 aromatic heterocycles. The fourth-order valence-electron chi connectivity index (χ4n) is 2.99. The van der Waals surface area contributed by atoms with E-state index in [0.29, 0.717) is 5.56 Å². The summed E-state index contributed by atoms with van der Waals surface area (Å²) in [6.45, 7) is 1.40. The number of amides is 4. The number of rotatable bonds is 15. The van der Waals surface area contributed by atoms with Crippen molar-refractivity contribution in [3.8, 4) is 0 Å². The number of benzene rings is 1. The lowest BCUT2D eigenvalue weighted by atomic mass is 10.0. The number of aliphatic carboxylic acids is 2. The van der Waals surface area contributed by atoms with Crippen molar-refractivity contribution in [1.82, 2.24) is 16.0 Å². The van der Waals surface area contributed by atoms with Crippen molar-refractivity contribution in [3.63, 3.8) is 0 Å². The molecule has 4 amide bonds. The number of nitrogens with one attached hydrogen (secondary N) is 3. The van der Waals surface area contributed by atoms with Gasteiger partial charge in [-0.3, -0.25) is 24.0 Å². The van der Waals surface area contributed by atoms with Gasteiger partial charge in [-0.15, -0.1) is 0 Å². The van der Waals surface area contributed by atoms with Gasteiger partial charge in [0.1, 0.15) is 18.1 Å². The van der Waals surface area contributed by atoms with Gasteiger partial charge in [-0.05, 0) is 25.3 Å². The van der Waals surface area contributed by atoms with Gasteiger partial charge in [0, 0.05) is 19.3 Å². The Hall–Kier alpha value is -4.00. The molecule has 13 nitrogen and oxygen atoms in total. The SMILES string of the molecule is CC(N)C(=O)NC(CCC(N)=O)C(=O)NC(Cc1ccccc1)C(=O)NC(CCC(=O)O)C(=O)O. The van der Waals surface area contributed by atoms with E-state index < -0.39 is 66.2 Å². The van der Waals surface area contributed by atoms with Crippen LogP contribution in [0.15, 0.2) is 30.3 Å². The van der Waals surface area contributed by atoms with Gasteiger partial charge in [0.2, 0.25) is 23.6 Å². The summed E-state index contributed by atoms with van der Waals surface area (Å²) in [5.74, 6) is -5.73. The standard InChI is InChI=1S/C22H31N5O8/c1-12(23)19(31)25-14(7-9-17(24)28)20(32)27-16(11-13-5-3-2-4-6-13)21(33)26-15(22(34)35)8-10-18(29)30/h2-6,12,14-16H,7-11,23H2,1H3,(H2,24,28)(H,25,31)(H,26,33)(H,27,32)(H,29,30)(H,34,35). The number of carboxylic acid groups (broad SMARTS) is 2. The number of carbonyl (C=O) groups is 6. The molecule has 0 radical (unpaired) electrons. The van der Waals surface area contributed by atoms with Gasteiger partial charge in [0.15, 0.2) is 0 Å². The summed E-state index contributed by atoms with van der Waals surface area (Å²) in [6, 6.07) is 3.56. The van der Waals surface area contributed by atoms with Crippen molar-refractivity contribution in [2.75, 3.05) is 0 Å². The molecular weight excluding hydrogens is 462 g/mol. The topological polar surface area (TPSA) is 231 Å². The second-order valence-corrected chi connectivity index (χ2v) is 7.94. The Labute approximate surface area is 201 Å². The van der Waals surface area contributed by atoms with E-state index in [0.717, 1.165) is 0 Å². The second kappa shape index (κ2) is 14.3. The molecule has 0 spiro atoms. The van der Waals surface area contributed by atoms with Crippen molar-refractivity contribution in [2.24, 2.45) is 11.5 Å². The number of hydrogen-bond acceptors (Lipinski definition) is 7. The maximum Gasteiger partial charge on any atom is 0.326 e. The summed E-state index contributed by atoms with van der Waals surface area (Å²) < 4.78 is 0. The Morgan fingerprint density at radius 2 is 1.31 bits per heavy atom. The number of primary amides is 1. The van der Waals surface area contributed by atoms with E-state index >= 15 is 0 Å². The first-order valence-corrected chi connectivity index (χ1v) is 10.8. The first-order valence-electron chi connectivity index (χ1n) is 10.8. The van der Waals surface area contributed by atoms with Crippen LogP contribution in [0.4, 0.5) is 0 Å². The highest BCUT2D eigenvalue weighted by Crippen LogP contribution is 2.07. The van der Waals surface area contributed by atoms with E-state index in [9.17, 15) is 33.9 Å². The third kappa shape index (κ3) is 11.1. The fourth-order valence-corrected chi connectivity index (χ4v) is 2.99. The molecule has 0 saturated carbocycles. The van der Waals surface area contributed by atoms with Crippen molar-refractivity contribution >= 4 is 35.6 Å². The van der Waals surface area contributed by atoms with Gasteiger partial charge < -0.3 is 37.6 Å². The van der Waals surface area contributed by atoms with Crippen LogP contribution in [0.1, 0.15) is 38.2 Å². The minimum atomic E-state index is -1.50. The molecule has 0 fully saturated rings. The van der Waals surface area contributed by atoms with Crippen LogP contribution >= 0.6 is 0 Å². The smallest absolute Gasteiger partial charge is 0.326 e. The normalized spacial score (nSPS) is 14.0. The Balaban J connectivity index is 3.11. The third-order valence-electron chi connectivity index (χ3n) is 4.90. The quantitative estimate of drug-likeness (QED) is 0.146. The first-order chi connectivity index (χ1) is 16.4. The maximum absolute atomic E-state index is 13.0. The molecule has 0 aliphatic carbocycles. The molecule has 0 aliphatic heterocycles. The summed E-state index contributed by atoms with van der Waals surface area (Å²) in [7, 11) is 0. The van der Waals surface area contributed by atoms with Crippen LogP contribution in [0.5, 0.6) is 0 Å². The Kier molecular flexibility index (Phi) is 11.9. The van der Waals surface area contributed by atoms with Crippen LogP contribution < -0.4 is 27.4 Å². The van der Waals surface area contributed by atoms with E-state index in [1.807, 2.05) is 0 Å². The minimum absolute atomic E-state index is 0.0343. The van der Waals surface area contributed by atoms with Crippen molar-refractivity contribution in [1.29, 1.82) is 0 Å². The van der Waals surface area contributed by atoms with E-state index in [4.69, 9.17) is 16.6 Å². The lowest BCUT2D eigenvalue weighted by Gasteiger charge is -2.25. The van der Waals surface area contributed by atoms with E-state index in [-0.39, 0.29) is 25.7 Å². The molecule has 0 aliphatic rings. The molecule has 13 heteroatoms. The molecule has 0 saturated heterocycles. The lowest BCUT2D eigenvalue weighted by molar-refractivity contribution is -0.143. The summed E-state index contributed by atoms with van der Waals surface area (Å²) in [4.78, 5) is 71.5. The van der Waals surface area contributed by atoms with Gasteiger partial charge in [-0.2, -0.15) is 0 Å². The van der Waals surface area contributed by atoms with Crippen LogP contribution in [0.3, 0.4) is 0 Å². The minimum Gasteiger partial charge on any atom is -0.481 e.